The van der Waals surface area contributed by atoms with Crippen LogP contribution in [0.4, 0.5) is 0 Å². The number of hydrogen-bond acceptors (Lipinski definition) is 2. The van der Waals surface area contributed by atoms with Gasteiger partial charge in [-0.3, -0.25) is 0 Å². The summed E-state index contributed by atoms with van der Waals surface area (Å²) in [5.74, 6) is 1.49. The quantitative estimate of drug-likeness (QED) is 0.464. The first-order valence-corrected chi connectivity index (χ1v) is 6.41. The number of carbonyl (C=O) groups is 2. The van der Waals surface area contributed by atoms with Crippen molar-refractivity contribution < 1.29 is 9.59 Å². The minimum atomic E-state index is 0.734. The molecule has 2 heteroatoms. The molecule has 96 valence electrons. The van der Waals surface area contributed by atoms with Crippen molar-refractivity contribution in [1.82, 2.24) is 0 Å². The van der Waals surface area contributed by atoms with Crippen molar-refractivity contribution in [3.05, 3.63) is 0 Å². The molecule has 0 amide bonds. The van der Waals surface area contributed by atoms with Gasteiger partial charge in [0.1, 0.15) is 12.6 Å². The van der Waals surface area contributed by atoms with E-state index in [0.717, 1.165) is 50.1 Å². The van der Waals surface area contributed by atoms with E-state index in [1.165, 1.54) is 12.8 Å². The first kappa shape index (κ1) is 17.7. The van der Waals surface area contributed by atoms with Crippen LogP contribution in [0.3, 0.4) is 0 Å². The molecule has 0 N–H and O–H groups in total. The second kappa shape index (κ2) is 14.3. The van der Waals surface area contributed by atoms with Crippen LogP contribution < -0.4 is 0 Å². The van der Waals surface area contributed by atoms with Gasteiger partial charge in [-0.05, 0) is 24.7 Å². The predicted octanol–water partition coefficient (Wildman–Crippen LogP) is 4.02. The summed E-state index contributed by atoms with van der Waals surface area (Å²) in [6.07, 6.45) is 7.92. The molecule has 0 heterocycles. The number of unbranched alkanes of at least 4 members (excludes halogenated alkanes) is 2. The molecule has 0 fully saturated rings. The molecule has 0 aliphatic heterocycles. The summed E-state index contributed by atoms with van der Waals surface area (Å²) in [6, 6.07) is 0. The van der Waals surface area contributed by atoms with Crippen molar-refractivity contribution in [3.63, 3.8) is 0 Å². The highest BCUT2D eigenvalue weighted by atomic mass is 16.1. The maximum atomic E-state index is 9.79. The molecule has 0 aliphatic rings. The smallest absolute Gasteiger partial charge is 0.119 e. The van der Waals surface area contributed by atoms with Crippen LogP contribution in [0.25, 0.3) is 0 Å². The molecule has 0 aromatic carbocycles. The van der Waals surface area contributed by atoms with Crippen molar-refractivity contribution in [2.24, 2.45) is 11.8 Å². The molecule has 2 nitrogen and oxygen atoms in total. The maximum Gasteiger partial charge on any atom is 0.119 e. The van der Waals surface area contributed by atoms with Crippen molar-refractivity contribution >= 4 is 12.6 Å². The van der Waals surface area contributed by atoms with Crippen molar-refractivity contribution in [2.45, 2.75) is 66.2 Å². The van der Waals surface area contributed by atoms with Gasteiger partial charge in [-0.25, -0.2) is 0 Å². The average molecular weight is 228 g/mol. The third kappa shape index (κ3) is 23.3. The normalized spacial score (nSPS) is 9.88. The fourth-order valence-corrected chi connectivity index (χ4v) is 1.22. The monoisotopic (exact) mass is 228 g/mol. The number of rotatable bonds is 8. The van der Waals surface area contributed by atoms with Crippen LogP contribution in [0.5, 0.6) is 0 Å². The van der Waals surface area contributed by atoms with Gasteiger partial charge in [0.2, 0.25) is 0 Å². The summed E-state index contributed by atoms with van der Waals surface area (Å²) in [7, 11) is 0. The summed E-state index contributed by atoms with van der Waals surface area (Å²) in [5, 5.41) is 0. The Morgan fingerprint density at radius 2 is 1.06 bits per heavy atom. The van der Waals surface area contributed by atoms with Gasteiger partial charge < -0.3 is 9.59 Å². The SMILES string of the molecule is CC(C)CCCC=O.CC(C)CCCC=O. The van der Waals surface area contributed by atoms with Crippen LogP contribution in [0.15, 0.2) is 0 Å². The molecule has 0 aliphatic carbocycles. The van der Waals surface area contributed by atoms with E-state index in [2.05, 4.69) is 27.7 Å². The summed E-state index contributed by atoms with van der Waals surface area (Å²) >= 11 is 0. The van der Waals surface area contributed by atoms with Crippen LogP contribution in [0.2, 0.25) is 0 Å². The lowest BCUT2D eigenvalue weighted by Gasteiger charge is -1.98. The second-order valence-corrected chi connectivity index (χ2v) is 4.98. The highest BCUT2D eigenvalue weighted by molar-refractivity contribution is 5.49. The molecule has 16 heavy (non-hydrogen) atoms. The lowest BCUT2D eigenvalue weighted by molar-refractivity contribution is -0.108. The van der Waals surface area contributed by atoms with Crippen molar-refractivity contribution in [3.8, 4) is 0 Å². The van der Waals surface area contributed by atoms with Gasteiger partial charge in [0.05, 0.1) is 0 Å². The van der Waals surface area contributed by atoms with Gasteiger partial charge in [-0.2, -0.15) is 0 Å². The van der Waals surface area contributed by atoms with E-state index in [0.29, 0.717) is 0 Å². The largest absolute Gasteiger partial charge is 0.303 e. The minimum Gasteiger partial charge on any atom is -0.303 e. The van der Waals surface area contributed by atoms with E-state index in [4.69, 9.17) is 0 Å². The Hall–Kier alpha value is -0.660. The highest BCUT2D eigenvalue weighted by Crippen LogP contribution is 2.04. The molecule has 0 bridgehead atoms. The first-order chi connectivity index (χ1) is 7.54. The zero-order valence-corrected chi connectivity index (χ0v) is 11.4. The van der Waals surface area contributed by atoms with E-state index >= 15 is 0 Å². The minimum absolute atomic E-state index is 0.734. The molecule has 0 saturated carbocycles. The Kier molecular flexibility index (Phi) is 15.9. The van der Waals surface area contributed by atoms with E-state index < -0.39 is 0 Å². The zero-order valence-electron chi connectivity index (χ0n) is 11.4. The lowest BCUT2D eigenvalue weighted by atomic mass is 10.1. The second-order valence-electron chi connectivity index (χ2n) is 4.98. The molecular formula is C14H28O2. The summed E-state index contributed by atoms with van der Waals surface area (Å²) < 4.78 is 0. The molecule has 0 spiro atoms. The van der Waals surface area contributed by atoms with E-state index in [1.807, 2.05) is 0 Å². The molecule has 0 atom stereocenters. The fraction of sp³-hybridized carbons (Fsp3) is 0.857. The molecular weight excluding hydrogens is 200 g/mol. The summed E-state index contributed by atoms with van der Waals surface area (Å²) in [6.45, 7) is 8.69. The van der Waals surface area contributed by atoms with Crippen LogP contribution in [0.1, 0.15) is 66.2 Å². The van der Waals surface area contributed by atoms with Gasteiger partial charge >= 0.3 is 0 Å². The van der Waals surface area contributed by atoms with E-state index in [9.17, 15) is 9.59 Å². The highest BCUT2D eigenvalue weighted by Gasteiger charge is 1.91. The van der Waals surface area contributed by atoms with Crippen LogP contribution in [0, 0.1) is 11.8 Å². The number of carbonyl (C=O) groups excluding carboxylic acids is 2. The summed E-state index contributed by atoms with van der Waals surface area (Å²) in [4.78, 5) is 19.6. The van der Waals surface area contributed by atoms with Crippen molar-refractivity contribution in [1.29, 1.82) is 0 Å². The van der Waals surface area contributed by atoms with Crippen LogP contribution in [-0.2, 0) is 9.59 Å². The molecule has 0 radical (unpaired) electrons. The predicted molar refractivity (Wildman–Crippen MR) is 69.5 cm³/mol. The van der Waals surface area contributed by atoms with Gasteiger partial charge in [-0.1, -0.05) is 40.5 Å². The average Bonchev–Trinajstić information content (AvgIpc) is 2.18. The lowest BCUT2D eigenvalue weighted by Crippen LogP contribution is -1.86. The zero-order chi connectivity index (χ0) is 12.8. The Bertz CT molecular complexity index is 133. The topological polar surface area (TPSA) is 34.1 Å². The van der Waals surface area contributed by atoms with Gasteiger partial charge in [0.25, 0.3) is 0 Å². The third-order valence-electron chi connectivity index (χ3n) is 2.21. The Morgan fingerprint density at radius 3 is 1.25 bits per heavy atom. The maximum absolute atomic E-state index is 9.79. The first-order valence-electron chi connectivity index (χ1n) is 6.41. The van der Waals surface area contributed by atoms with Crippen molar-refractivity contribution in [2.75, 3.05) is 0 Å². The molecule has 0 aromatic heterocycles. The standard InChI is InChI=1S/2C7H14O/c2*1-7(2)5-3-4-6-8/h2*6-7H,3-5H2,1-2H3. The van der Waals surface area contributed by atoms with E-state index in [-0.39, 0.29) is 0 Å². The fourth-order valence-electron chi connectivity index (χ4n) is 1.22. The van der Waals surface area contributed by atoms with E-state index in [1.54, 1.807) is 0 Å². The van der Waals surface area contributed by atoms with Gasteiger partial charge in [-0.15, -0.1) is 0 Å². The Balaban J connectivity index is 0. The molecule has 0 rings (SSSR count). The van der Waals surface area contributed by atoms with Crippen LogP contribution >= 0.6 is 0 Å². The third-order valence-corrected chi connectivity index (χ3v) is 2.21. The Labute approximate surface area is 101 Å². The van der Waals surface area contributed by atoms with Gasteiger partial charge in [0, 0.05) is 12.8 Å². The molecule has 0 aromatic rings. The van der Waals surface area contributed by atoms with Crippen LogP contribution in [-0.4, -0.2) is 12.6 Å². The Morgan fingerprint density at radius 1 is 0.750 bits per heavy atom. The molecule has 0 saturated heterocycles. The number of aldehydes is 2. The van der Waals surface area contributed by atoms with Gasteiger partial charge in [0.15, 0.2) is 0 Å². The number of hydrogen-bond donors (Lipinski definition) is 0. The molecule has 0 unspecified atom stereocenters. The summed E-state index contributed by atoms with van der Waals surface area (Å²) in [5.41, 5.74) is 0.